The molecule has 1 atom stereocenters. The molecule has 10 heteroatoms. The molecule has 1 fully saturated rings. The van der Waals surface area contributed by atoms with Crippen LogP contribution in [-0.2, 0) is 11.4 Å². The van der Waals surface area contributed by atoms with E-state index in [1.165, 1.54) is 4.21 Å². The molecule has 1 amide bonds. The van der Waals surface area contributed by atoms with Gasteiger partial charge in [0.25, 0.3) is 0 Å². The van der Waals surface area contributed by atoms with E-state index in [2.05, 4.69) is 27.4 Å². The first-order valence-corrected chi connectivity index (χ1v) is 13.9. The second-order valence-electron chi connectivity index (χ2n) is 9.14. The van der Waals surface area contributed by atoms with Gasteiger partial charge in [0.05, 0.1) is 35.0 Å². The summed E-state index contributed by atoms with van der Waals surface area (Å²) in [5.74, 6) is 1.22. The van der Waals surface area contributed by atoms with E-state index in [-0.39, 0.29) is 6.61 Å². The Hall–Kier alpha value is -2.21. The quantitative estimate of drug-likeness (QED) is 0.167. The van der Waals surface area contributed by atoms with Crippen molar-refractivity contribution in [2.24, 2.45) is 5.41 Å². The fourth-order valence-corrected chi connectivity index (χ4v) is 6.83. The van der Waals surface area contributed by atoms with Crippen molar-refractivity contribution in [3.05, 3.63) is 53.0 Å². The highest BCUT2D eigenvalue weighted by atomic mass is 32.2. The first-order valence-electron chi connectivity index (χ1n) is 12.1. The third-order valence-corrected chi connectivity index (χ3v) is 9.25. The monoisotopic (exact) mass is 531 g/mol. The summed E-state index contributed by atoms with van der Waals surface area (Å²) in [6, 6.07) is 9.61. The number of thioether (sulfide) groups is 1. The minimum atomic E-state index is -0.909. The van der Waals surface area contributed by atoms with Crippen molar-refractivity contribution in [2.45, 2.75) is 42.6 Å². The molecular formula is C26H33N3O5S2. The number of hydrogen-bond acceptors (Lipinski definition) is 9. The molecule has 3 heterocycles. The fraction of sp³-hybridized carbons (Fsp3) is 0.462. The number of aliphatic hydroxyl groups is 2. The molecule has 3 aromatic rings. The summed E-state index contributed by atoms with van der Waals surface area (Å²) in [6.45, 7) is 2.19. The lowest BCUT2D eigenvalue weighted by Crippen LogP contribution is -2.48. The minimum Gasteiger partial charge on any atom is -0.497 e. The van der Waals surface area contributed by atoms with E-state index in [9.17, 15) is 20.2 Å². The number of amides is 1. The lowest BCUT2D eigenvalue weighted by molar-refractivity contribution is -0.143. The van der Waals surface area contributed by atoms with Crippen molar-refractivity contribution >= 4 is 39.9 Å². The van der Waals surface area contributed by atoms with Crippen LogP contribution >= 0.6 is 23.1 Å². The van der Waals surface area contributed by atoms with Crippen molar-refractivity contribution in [1.82, 2.24) is 15.4 Å². The van der Waals surface area contributed by atoms with Crippen molar-refractivity contribution in [3.8, 4) is 5.75 Å². The van der Waals surface area contributed by atoms with Crippen molar-refractivity contribution in [1.29, 1.82) is 0 Å². The molecule has 0 bridgehead atoms. The molecule has 8 nitrogen and oxygen atoms in total. The Morgan fingerprint density at radius 2 is 2.14 bits per heavy atom. The molecule has 1 aliphatic heterocycles. The second-order valence-corrected chi connectivity index (χ2v) is 11.5. The Morgan fingerprint density at radius 3 is 2.81 bits per heavy atom. The van der Waals surface area contributed by atoms with Gasteiger partial charge in [0.2, 0.25) is 5.91 Å². The molecule has 0 unspecified atom stereocenters. The predicted molar refractivity (Wildman–Crippen MR) is 141 cm³/mol. The van der Waals surface area contributed by atoms with Crippen LogP contribution in [0, 0.1) is 5.41 Å². The summed E-state index contributed by atoms with van der Waals surface area (Å²) in [7, 11) is 1.57. The number of nitrogens with zero attached hydrogens (tertiary/aromatic N) is 2. The number of hydroxylamine groups is 1. The van der Waals surface area contributed by atoms with Gasteiger partial charge in [-0.05, 0) is 74.0 Å². The Labute approximate surface area is 219 Å². The number of likely N-dealkylation sites (tertiary alicyclic amines) is 1. The van der Waals surface area contributed by atoms with E-state index in [4.69, 9.17) is 4.74 Å². The number of thiophene rings is 1. The molecule has 0 aliphatic carbocycles. The molecule has 36 heavy (non-hydrogen) atoms. The number of benzene rings is 1. The van der Waals surface area contributed by atoms with Crippen LogP contribution in [0.15, 0.2) is 46.1 Å². The van der Waals surface area contributed by atoms with Gasteiger partial charge in [-0.25, -0.2) is 5.48 Å². The van der Waals surface area contributed by atoms with Gasteiger partial charge in [-0.15, -0.1) is 23.1 Å². The van der Waals surface area contributed by atoms with Crippen LogP contribution in [0.25, 0.3) is 10.9 Å². The van der Waals surface area contributed by atoms with Crippen LogP contribution in [0.4, 0.5) is 0 Å². The Balaban J connectivity index is 1.44. The number of piperidine rings is 1. The van der Waals surface area contributed by atoms with Crippen LogP contribution in [0.5, 0.6) is 5.75 Å². The van der Waals surface area contributed by atoms with Gasteiger partial charge in [-0.3, -0.25) is 15.0 Å². The number of carbonyl (C=O) groups is 1. The molecule has 4 rings (SSSR count). The predicted octanol–water partition coefficient (Wildman–Crippen LogP) is 3.99. The zero-order valence-corrected chi connectivity index (χ0v) is 22.0. The molecule has 0 radical (unpaired) electrons. The topological polar surface area (TPSA) is 115 Å². The average molecular weight is 532 g/mol. The van der Waals surface area contributed by atoms with E-state index >= 15 is 0 Å². The van der Waals surface area contributed by atoms with Crippen LogP contribution in [0.3, 0.4) is 0 Å². The first kappa shape index (κ1) is 26.8. The van der Waals surface area contributed by atoms with Gasteiger partial charge in [0.15, 0.2) is 0 Å². The number of carbonyl (C=O) groups excluding carboxylic acids is 1. The van der Waals surface area contributed by atoms with Crippen molar-refractivity contribution < 1.29 is 25.0 Å². The van der Waals surface area contributed by atoms with Gasteiger partial charge in [-0.2, -0.15) is 0 Å². The molecular weight excluding hydrogens is 498 g/mol. The SMILES string of the molecule is COc1ccc2ncc(CO)c([C@H](O)CCC3(C(=O)NO)CCN(CCSc4cccs4)CC3)c2c1. The maximum Gasteiger partial charge on any atom is 0.249 e. The standard InChI is InChI=1S/C26H33N3O5S2/c1-34-19-4-5-21-20(15-19)24(18(17-30)16-27-21)22(31)6-7-26(25(32)28-33)8-10-29(11-9-26)12-14-36-23-3-2-13-35-23/h2-5,13,15-16,22,30-31,33H,6-12,14,17H2,1H3,(H,28,32)/t22-/m1/s1. The number of ether oxygens (including phenoxy) is 1. The Bertz CT molecular complexity index is 1140. The smallest absolute Gasteiger partial charge is 0.249 e. The zero-order chi connectivity index (χ0) is 25.5. The maximum absolute atomic E-state index is 12.8. The van der Waals surface area contributed by atoms with Crippen molar-refractivity contribution in [3.63, 3.8) is 0 Å². The summed E-state index contributed by atoms with van der Waals surface area (Å²) in [5.41, 5.74) is 2.96. The highest BCUT2D eigenvalue weighted by Gasteiger charge is 2.41. The van der Waals surface area contributed by atoms with Crippen LogP contribution in [-0.4, -0.2) is 63.7 Å². The Morgan fingerprint density at radius 1 is 1.33 bits per heavy atom. The molecule has 1 aromatic carbocycles. The van der Waals surface area contributed by atoms with Crippen molar-refractivity contribution in [2.75, 3.05) is 32.5 Å². The van der Waals surface area contributed by atoms with Crippen LogP contribution in [0.1, 0.15) is 42.9 Å². The molecule has 1 aliphatic rings. The normalized spacial score (nSPS) is 16.7. The molecule has 0 spiro atoms. The number of nitrogens with one attached hydrogen (secondary N) is 1. The number of pyridine rings is 1. The number of rotatable bonds is 11. The van der Waals surface area contributed by atoms with Crippen LogP contribution in [0.2, 0.25) is 0 Å². The number of aliphatic hydroxyl groups excluding tert-OH is 2. The lowest BCUT2D eigenvalue weighted by Gasteiger charge is -2.40. The summed E-state index contributed by atoms with van der Waals surface area (Å²) in [6.07, 6.45) is 2.60. The largest absolute Gasteiger partial charge is 0.497 e. The van der Waals surface area contributed by atoms with Gasteiger partial charge < -0.3 is 19.8 Å². The van der Waals surface area contributed by atoms with E-state index < -0.39 is 17.4 Å². The van der Waals surface area contributed by atoms with Crippen LogP contribution < -0.4 is 10.2 Å². The Kier molecular flexibility index (Phi) is 9.21. The summed E-state index contributed by atoms with van der Waals surface area (Å²) < 4.78 is 6.65. The van der Waals surface area contributed by atoms with Gasteiger partial charge in [-0.1, -0.05) is 6.07 Å². The zero-order valence-electron chi connectivity index (χ0n) is 20.4. The van der Waals surface area contributed by atoms with E-state index in [0.29, 0.717) is 53.5 Å². The van der Waals surface area contributed by atoms with Gasteiger partial charge in [0.1, 0.15) is 5.75 Å². The van der Waals surface area contributed by atoms with E-state index in [1.54, 1.807) is 30.7 Å². The van der Waals surface area contributed by atoms with Gasteiger partial charge in [0, 0.05) is 29.4 Å². The number of aromatic nitrogens is 1. The summed E-state index contributed by atoms with van der Waals surface area (Å²) in [4.78, 5) is 19.6. The number of fused-ring (bicyclic) bond motifs is 1. The van der Waals surface area contributed by atoms with E-state index in [0.717, 1.165) is 25.4 Å². The first-order chi connectivity index (χ1) is 17.5. The fourth-order valence-electron chi connectivity index (χ4n) is 4.97. The maximum atomic E-state index is 12.8. The van der Waals surface area contributed by atoms with Gasteiger partial charge >= 0.3 is 0 Å². The minimum absolute atomic E-state index is 0.257. The number of methoxy groups -OCH3 is 1. The summed E-state index contributed by atoms with van der Waals surface area (Å²) in [5, 5.41) is 33.5. The molecule has 1 saturated heterocycles. The molecule has 194 valence electrons. The summed E-state index contributed by atoms with van der Waals surface area (Å²) >= 11 is 3.58. The van der Waals surface area contributed by atoms with E-state index in [1.807, 2.05) is 29.4 Å². The molecule has 0 saturated carbocycles. The average Bonchev–Trinajstić information content (AvgIpc) is 3.44. The lowest BCUT2D eigenvalue weighted by atomic mass is 9.73. The molecule has 2 aromatic heterocycles. The number of hydrogen-bond donors (Lipinski definition) is 4. The highest BCUT2D eigenvalue weighted by Crippen LogP contribution is 2.40. The third-order valence-electron chi connectivity index (χ3n) is 7.14. The highest BCUT2D eigenvalue weighted by molar-refractivity contribution is 8.01. The molecule has 4 N–H and O–H groups in total. The second kappa shape index (κ2) is 12.4. The third kappa shape index (κ3) is 6.01.